The van der Waals surface area contributed by atoms with E-state index in [0.717, 1.165) is 77.0 Å². The smallest absolute Gasteiger partial charge is 0.328 e. The SMILES string of the molecule is CCCCCC[C@@H](C)[C@H](O)CCCCCCCC(O)CCCC[C@@H](O)[C@@H](O)[C@@H](O)CCCCCCC(=O)N1CCC[C@H]1C(=O)OC. The Bertz CT molecular complexity index is 768. The molecule has 0 radical (unpaired) electrons. The van der Waals surface area contributed by atoms with Gasteiger partial charge in [-0.1, -0.05) is 104 Å². The molecule has 1 saturated heterocycles. The van der Waals surface area contributed by atoms with Crippen LogP contribution in [-0.4, -0.2) is 92.5 Å². The number of aliphatic hydroxyl groups is 5. The summed E-state index contributed by atoms with van der Waals surface area (Å²) in [5.41, 5.74) is 0. The van der Waals surface area contributed by atoms with Gasteiger partial charge in [0, 0.05) is 13.0 Å². The number of carbonyl (C=O) groups excluding carboxylic acids is 2. The Morgan fingerprint density at radius 1 is 0.674 bits per heavy atom. The normalized spacial score (nSPS) is 19.0. The van der Waals surface area contributed by atoms with Crippen LogP contribution in [0.15, 0.2) is 0 Å². The molecule has 0 spiro atoms. The van der Waals surface area contributed by atoms with Crippen molar-refractivity contribution in [3.63, 3.8) is 0 Å². The van der Waals surface area contributed by atoms with E-state index >= 15 is 0 Å². The van der Waals surface area contributed by atoms with Crippen molar-refractivity contribution in [2.75, 3.05) is 13.7 Å². The average molecular weight is 658 g/mol. The van der Waals surface area contributed by atoms with Crippen LogP contribution in [0.1, 0.15) is 168 Å². The number of hydrogen-bond acceptors (Lipinski definition) is 8. The van der Waals surface area contributed by atoms with Crippen LogP contribution in [0.4, 0.5) is 0 Å². The van der Waals surface area contributed by atoms with Gasteiger partial charge in [0.25, 0.3) is 0 Å². The first-order chi connectivity index (χ1) is 22.1. The third kappa shape index (κ3) is 18.9. The van der Waals surface area contributed by atoms with Gasteiger partial charge in [-0.15, -0.1) is 0 Å². The van der Waals surface area contributed by atoms with Crippen LogP contribution in [0.2, 0.25) is 0 Å². The molecule has 0 aromatic carbocycles. The highest BCUT2D eigenvalue weighted by molar-refractivity contribution is 5.85. The highest BCUT2D eigenvalue weighted by Gasteiger charge is 2.34. The predicted octanol–water partition coefficient (Wildman–Crippen LogP) is 6.19. The molecule has 1 aliphatic rings. The number of aliphatic hydroxyl groups excluding tert-OH is 5. The molecular weight excluding hydrogens is 586 g/mol. The highest BCUT2D eigenvalue weighted by Crippen LogP contribution is 2.22. The Labute approximate surface area is 280 Å². The van der Waals surface area contributed by atoms with E-state index in [1.165, 1.54) is 32.8 Å². The van der Waals surface area contributed by atoms with Gasteiger partial charge in [-0.05, 0) is 63.7 Å². The maximum Gasteiger partial charge on any atom is 0.328 e. The molecule has 9 heteroatoms. The van der Waals surface area contributed by atoms with Gasteiger partial charge in [-0.25, -0.2) is 4.79 Å². The number of ether oxygens (including phenoxy) is 1. The minimum Gasteiger partial charge on any atom is -0.467 e. The zero-order valence-electron chi connectivity index (χ0n) is 29.6. The minimum absolute atomic E-state index is 0.0180. The van der Waals surface area contributed by atoms with Gasteiger partial charge in [-0.2, -0.15) is 0 Å². The Balaban J connectivity index is 2.01. The lowest BCUT2D eigenvalue weighted by molar-refractivity contribution is -0.151. The summed E-state index contributed by atoms with van der Waals surface area (Å²) in [7, 11) is 1.34. The second-order valence-electron chi connectivity index (χ2n) is 14.0. The lowest BCUT2D eigenvalue weighted by Crippen LogP contribution is -2.40. The van der Waals surface area contributed by atoms with Crippen molar-refractivity contribution in [2.24, 2.45) is 5.92 Å². The molecule has 1 amide bonds. The van der Waals surface area contributed by atoms with Gasteiger partial charge in [0.05, 0.1) is 31.5 Å². The van der Waals surface area contributed by atoms with E-state index < -0.39 is 24.4 Å². The summed E-state index contributed by atoms with van der Waals surface area (Å²) in [5, 5.41) is 51.7. The molecule has 1 heterocycles. The fourth-order valence-electron chi connectivity index (χ4n) is 6.68. The molecule has 1 aliphatic heterocycles. The van der Waals surface area contributed by atoms with Crippen molar-refractivity contribution in [1.82, 2.24) is 4.90 Å². The Morgan fingerprint density at radius 2 is 1.15 bits per heavy atom. The number of esters is 1. The molecule has 0 saturated carbocycles. The average Bonchev–Trinajstić information content (AvgIpc) is 3.55. The molecule has 9 nitrogen and oxygen atoms in total. The maximum atomic E-state index is 12.5. The number of rotatable bonds is 29. The molecule has 272 valence electrons. The second-order valence-corrected chi connectivity index (χ2v) is 14.0. The van der Waals surface area contributed by atoms with Gasteiger partial charge in [-0.3, -0.25) is 4.79 Å². The first-order valence-electron chi connectivity index (χ1n) is 18.9. The van der Waals surface area contributed by atoms with Crippen LogP contribution in [0.3, 0.4) is 0 Å². The predicted molar refractivity (Wildman–Crippen MR) is 183 cm³/mol. The van der Waals surface area contributed by atoms with Crippen molar-refractivity contribution < 1.29 is 39.9 Å². The van der Waals surface area contributed by atoms with Gasteiger partial charge in [0.2, 0.25) is 5.91 Å². The lowest BCUT2D eigenvalue weighted by atomic mass is 9.93. The van der Waals surface area contributed by atoms with E-state index in [1.54, 1.807) is 4.90 Å². The number of carbonyl (C=O) groups is 2. The summed E-state index contributed by atoms with van der Waals surface area (Å²) in [6.45, 7) is 4.98. The zero-order chi connectivity index (χ0) is 34.2. The quantitative estimate of drug-likeness (QED) is 0.0472. The second kappa shape index (κ2) is 26.7. The van der Waals surface area contributed by atoms with Crippen LogP contribution < -0.4 is 0 Å². The number of amides is 1. The molecule has 5 N–H and O–H groups in total. The van der Waals surface area contributed by atoms with E-state index in [0.29, 0.717) is 63.8 Å². The highest BCUT2D eigenvalue weighted by atomic mass is 16.5. The molecule has 0 aliphatic carbocycles. The molecule has 46 heavy (non-hydrogen) atoms. The standard InChI is InChI=1S/C37H71NO8/c1-4-5-6-12-20-29(2)32(40)24-14-9-7-8-13-21-30(39)22-17-18-26-34(42)36(44)33(41)25-15-10-11-16-27-35(43)38-28-19-23-31(38)37(45)46-3/h29-34,36,39-42,44H,4-28H2,1-3H3/t29-,30?,31+,32-,33+,34-,36+/m1/s1. The fraction of sp³-hybridized carbons (Fsp3) is 0.946. The third-order valence-corrected chi connectivity index (χ3v) is 9.97. The van der Waals surface area contributed by atoms with Crippen LogP contribution in [0.25, 0.3) is 0 Å². The number of nitrogens with zero attached hydrogens (tertiary/aromatic N) is 1. The lowest BCUT2D eigenvalue weighted by Gasteiger charge is -2.23. The first kappa shape index (κ1) is 42.8. The van der Waals surface area contributed by atoms with E-state index in [-0.39, 0.29) is 24.1 Å². The van der Waals surface area contributed by atoms with Crippen LogP contribution in [-0.2, 0) is 14.3 Å². The minimum atomic E-state index is -1.19. The first-order valence-corrected chi connectivity index (χ1v) is 18.9. The van der Waals surface area contributed by atoms with Crippen LogP contribution in [0, 0.1) is 5.92 Å². The molecule has 0 bridgehead atoms. The van der Waals surface area contributed by atoms with Gasteiger partial charge < -0.3 is 35.2 Å². The summed E-state index contributed by atoms with van der Waals surface area (Å²) >= 11 is 0. The third-order valence-electron chi connectivity index (χ3n) is 9.97. The van der Waals surface area contributed by atoms with Crippen molar-refractivity contribution in [3.8, 4) is 0 Å². The number of hydrogen-bond donors (Lipinski definition) is 5. The molecule has 1 unspecified atom stereocenters. The van der Waals surface area contributed by atoms with Crippen molar-refractivity contribution in [1.29, 1.82) is 0 Å². The summed E-state index contributed by atoms with van der Waals surface area (Å²) in [5.74, 6) is 0.0195. The number of unbranched alkanes of at least 4 members (excludes halogenated alkanes) is 11. The van der Waals surface area contributed by atoms with E-state index in [9.17, 15) is 35.1 Å². The summed E-state index contributed by atoms with van der Waals surface area (Å²) in [6, 6.07) is -0.457. The Kier molecular flexibility index (Phi) is 24.8. The topological polar surface area (TPSA) is 148 Å². The van der Waals surface area contributed by atoms with E-state index in [4.69, 9.17) is 4.74 Å². The fourth-order valence-corrected chi connectivity index (χ4v) is 6.68. The Hall–Kier alpha value is -1.26. The van der Waals surface area contributed by atoms with Crippen LogP contribution in [0.5, 0.6) is 0 Å². The van der Waals surface area contributed by atoms with Crippen molar-refractivity contribution in [3.05, 3.63) is 0 Å². The van der Waals surface area contributed by atoms with E-state index in [1.807, 2.05) is 0 Å². The van der Waals surface area contributed by atoms with Gasteiger partial charge >= 0.3 is 5.97 Å². The summed E-state index contributed by atoms with van der Waals surface area (Å²) in [4.78, 5) is 25.9. The summed E-state index contributed by atoms with van der Waals surface area (Å²) < 4.78 is 4.80. The Morgan fingerprint density at radius 3 is 1.76 bits per heavy atom. The maximum absolute atomic E-state index is 12.5. The van der Waals surface area contributed by atoms with Gasteiger partial charge in [0.15, 0.2) is 0 Å². The van der Waals surface area contributed by atoms with Crippen LogP contribution >= 0.6 is 0 Å². The zero-order valence-corrected chi connectivity index (χ0v) is 29.6. The monoisotopic (exact) mass is 658 g/mol. The molecular formula is C37H71NO8. The largest absolute Gasteiger partial charge is 0.467 e. The van der Waals surface area contributed by atoms with Crippen molar-refractivity contribution >= 4 is 11.9 Å². The molecule has 0 aromatic heterocycles. The number of methoxy groups -OCH3 is 1. The van der Waals surface area contributed by atoms with E-state index in [2.05, 4.69) is 13.8 Å². The summed E-state index contributed by atoms with van der Waals surface area (Å²) in [6.07, 6.45) is 17.3. The molecule has 0 aromatic rings. The number of likely N-dealkylation sites (tertiary alicyclic amines) is 1. The van der Waals surface area contributed by atoms with Gasteiger partial charge in [0.1, 0.15) is 12.1 Å². The molecule has 1 fully saturated rings. The molecule has 7 atom stereocenters. The molecule has 1 rings (SSSR count). The van der Waals surface area contributed by atoms with Crippen molar-refractivity contribution in [2.45, 2.75) is 205 Å².